The third kappa shape index (κ3) is 4.03. The zero-order valence-corrected chi connectivity index (χ0v) is 13.4. The Morgan fingerprint density at radius 1 is 1.42 bits per heavy atom. The Kier molecular flexibility index (Phi) is 5.46. The highest BCUT2D eigenvalue weighted by Gasteiger charge is 2.30. The minimum absolute atomic E-state index is 0.172. The maximum Gasteiger partial charge on any atom is 0.127 e. The van der Waals surface area contributed by atoms with E-state index in [-0.39, 0.29) is 11.1 Å². The molecular weight excluding hydrogens is 303 g/mol. The normalized spacial score (nSPS) is 29.2. The molecule has 0 bridgehead atoms. The number of benzene rings is 1. The van der Waals surface area contributed by atoms with Crippen LogP contribution in [0.3, 0.4) is 0 Å². The first-order chi connectivity index (χ1) is 8.97. The average Bonchev–Trinajstić information content (AvgIpc) is 2.36. The third-order valence-corrected chi connectivity index (χ3v) is 7.22. The van der Waals surface area contributed by atoms with Gasteiger partial charge in [0.15, 0.2) is 0 Å². The van der Waals surface area contributed by atoms with E-state index in [1.807, 2.05) is 23.5 Å². The summed E-state index contributed by atoms with van der Waals surface area (Å²) in [5.41, 5.74) is 0.536. The molecule has 1 N–H and O–H groups in total. The molecule has 1 nitrogen and oxygen atoms in total. The van der Waals surface area contributed by atoms with Gasteiger partial charge in [-0.1, -0.05) is 31.5 Å². The summed E-state index contributed by atoms with van der Waals surface area (Å²) in [4.78, 5) is 0. The summed E-state index contributed by atoms with van der Waals surface area (Å²) < 4.78 is 13.7. The minimum Gasteiger partial charge on any atom is -0.392 e. The van der Waals surface area contributed by atoms with Crippen molar-refractivity contribution in [2.45, 2.75) is 42.1 Å². The van der Waals surface area contributed by atoms with Crippen LogP contribution in [0, 0.1) is 5.82 Å². The molecule has 0 radical (unpaired) electrons. The van der Waals surface area contributed by atoms with Crippen LogP contribution in [0.15, 0.2) is 18.2 Å². The first kappa shape index (κ1) is 15.5. The summed E-state index contributed by atoms with van der Waals surface area (Å²) in [6, 6.07) is 4.63. The first-order valence-corrected chi connectivity index (χ1v) is 8.73. The predicted molar refractivity (Wildman–Crippen MR) is 83.9 cm³/mol. The maximum absolute atomic E-state index is 13.7. The molecule has 19 heavy (non-hydrogen) atoms. The van der Waals surface area contributed by atoms with Crippen molar-refractivity contribution in [3.63, 3.8) is 0 Å². The van der Waals surface area contributed by atoms with Crippen LogP contribution in [0.5, 0.6) is 0 Å². The van der Waals surface area contributed by atoms with Crippen molar-refractivity contribution < 1.29 is 9.50 Å². The van der Waals surface area contributed by atoms with Crippen molar-refractivity contribution in [3.05, 3.63) is 34.6 Å². The van der Waals surface area contributed by atoms with E-state index in [0.717, 1.165) is 5.75 Å². The Bertz CT molecular complexity index is 443. The molecule has 0 saturated carbocycles. The fraction of sp³-hybridized carbons (Fsp3) is 0.571. The van der Waals surface area contributed by atoms with Gasteiger partial charge in [-0.15, -0.1) is 0 Å². The molecule has 4 unspecified atom stereocenters. The molecule has 0 spiro atoms. The highest BCUT2D eigenvalue weighted by molar-refractivity contribution is 8.07. The molecule has 1 saturated heterocycles. The lowest BCUT2D eigenvalue weighted by Gasteiger charge is -2.33. The van der Waals surface area contributed by atoms with Gasteiger partial charge in [-0.3, -0.25) is 0 Å². The largest absolute Gasteiger partial charge is 0.392 e. The second-order valence-electron chi connectivity index (χ2n) is 4.93. The molecule has 1 aliphatic rings. The van der Waals surface area contributed by atoms with Gasteiger partial charge in [-0.05, 0) is 17.7 Å². The lowest BCUT2D eigenvalue weighted by atomic mass is 10.1. The van der Waals surface area contributed by atoms with E-state index in [4.69, 9.17) is 11.6 Å². The number of rotatable bonds is 3. The van der Waals surface area contributed by atoms with Crippen LogP contribution in [-0.4, -0.2) is 32.7 Å². The van der Waals surface area contributed by atoms with Crippen molar-refractivity contribution in [2.24, 2.45) is 0 Å². The summed E-state index contributed by atoms with van der Waals surface area (Å²) >= 11 is 9.42. The molecule has 0 amide bonds. The monoisotopic (exact) mass is 320 g/mol. The third-order valence-electron chi connectivity index (χ3n) is 3.45. The molecule has 4 atom stereocenters. The van der Waals surface area contributed by atoms with Crippen LogP contribution < -0.4 is 0 Å². The smallest absolute Gasteiger partial charge is 0.127 e. The Hall–Kier alpha value is 0.1000. The molecule has 0 aromatic heterocycles. The van der Waals surface area contributed by atoms with Gasteiger partial charge in [0.05, 0.1) is 6.10 Å². The standard InChI is InChI=1S/C14H18ClFOS2/c1-8-9(2)19-14(7-18-8)13(17)5-10-3-4-11(15)6-12(10)16/h3-4,6,8-9,13-14,17H,5,7H2,1-2H3. The second-order valence-corrected chi connectivity index (χ2v) is 8.39. The van der Waals surface area contributed by atoms with Crippen LogP contribution in [-0.2, 0) is 6.42 Å². The molecule has 1 aromatic rings. The SMILES string of the molecule is CC1SCC(C(O)Cc2ccc(Cl)cc2F)SC1C. The molecule has 1 heterocycles. The van der Waals surface area contributed by atoms with Gasteiger partial charge in [-0.25, -0.2) is 4.39 Å². The zero-order chi connectivity index (χ0) is 14.0. The van der Waals surface area contributed by atoms with E-state index in [0.29, 0.717) is 27.5 Å². The van der Waals surface area contributed by atoms with Crippen molar-refractivity contribution >= 4 is 35.1 Å². The number of halogens is 2. The van der Waals surface area contributed by atoms with Gasteiger partial charge in [0, 0.05) is 32.9 Å². The van der Waals surface area contributed by atoms with E-state index in [9.17, 15) is 9.50 Å². The molecule has 1 aliphatic heterocycles. The molecular formula is C14H18ClFOS2. The number of aliphatic hydroxyl groups is 1. The summed E-state index contributed by atoms with van der Waals surface area (Å²) in [5, 5.41) is 12.0. The van der Waals surface area contributed by atoms with Gasteiger partial charge >= 0.3 is 0 Å². The molecule has 2 rings (SSSR count). The molecule has 106 valence electrons. The number of thioether (sulfide) groups is 2. The van der Waals surface area contributed by atoms with Crippen LogP contribution >= 0.6 is 35.1 Å². The van der Waals surface area contributed by atoms with E-state index >= 15 is 0 Å². The average molecular weight is 321 g/mol. The van der Waals surface area contributed by atoms with E-state index in [1.54, 1.807) is 12.1 Å². The number of hydrogen-bond donors (Lipinski definition) is 1. The lowest BCUT2D eigenvalue weighted by Crippen LogP contribution is -2.35. The molecule has 5 heteroatoms. The summed E-state index contributed by atoms with van der Waals surface area (Å²) in [5.74, 6) is 0.591. The zero-order valence-electron chi connectivity index (χ0n) is 11.0. The van der Waals surface area contributed by atoms with Crippen molar-refractivity contribution in [1.82, 2.24) is 0 Å². The fourth-order valence-electron chi connectivity index (χ4n) is 2.05. The molecule has 1 fully saturated rings. The van der Waals surface area contributed by atoms with Crippen LogP contribution in [0.2, 0.25) is 5.02 Å². The maximum atomic E-state index is 13.7. The topological polar surface area (TPSA) is 20.2 Å². The Labute approximate surface area is 127 Å². The van der Waals surface area contributed by atoms with E-state index in [1.165, 1.54) is 6.07 Å². The van der Waals surface area contributed by atoms with E-state index < -0.39 is 6.10 Å². The number of hydrogen-bond acceptors (Lipinski definition) is 3. The van der Waals surface area contributed by atoms with Gasteiger partial charge in [0.25, 0.3) is 0 Å². The minimum atomic E-state index is -0.511. The summed E-state index contributed by atoms with van der Waals surface area (Å²) in [6.45, 7) is 4.40. The highest BCUT2D eigenvalue weighted by Crippen LogP contribution is 2.37. The lowest BCUT2D eigenvalue weighted by molar-refractivity contribution is 0.176. The second kappa shape index (κ2) is 6.70. The van der Waals surface area contributed by atoms with Crippen LogP contribution in [0.1, 0.15) is 19.4 Å². The van der Waals surface area contributed by atoms with Crippen molar-refractivity contribution in [3.8, 4) is 0 Å². The van der Waals surface area contributed by atoms with Gasteiger partial charge in [0.2, 0.25) is 0 Å². The predicted octanol–water partition coefficient (Wildman–Crippen LogP) is 4.01. The summed E-state index contributed by atoms with van der Waals surface area (Å²) in [6.07, 6.45) is -0.161. The van der Waals surface area contributed by atoms with Gasteiger partial charge in [-0.2, -0.15) is 23.5 Å². The van der Waals surface area contributed by atoms with Crippen molar-refractivity contribution in [1.29, 1.82) is 0 Å². The summed E-state index contributed by atoms with van der Waals surface area (Å²) in [7, 11) is 0. The number of aliphatic hydroxyl groups excluding tert-OH is 1. The van der Waals surface area contributed by atoms with Gasteiger partial charge in [0.1, 0.15) is 5.82 Å². The van der Waals surface area contributed by atoms with E-state index in [2.05, 4.69) is 13.8 Å². The van der Waals surface area contributed by atoms with Crippen molar-refractivity contribution in [2.75, 3.05) is 5.75 Å². The molecule has 1 aromatic carbocycles. The Morgan fingerprint density at radius 2 is 2.16 bits per heavy atom. The van der Waals surface area contributed by atoms with Crippen LogP contribution in [0.4, 0.5) is 4.39 Å². The quantitative estimate of drug-likeness (QED) is 0.908. The highest BCUT2D eigenvalue weighted by atomic mass is 35.5. The van der Waals surface area contributed by atoms with Gasteiger partial charge < -0.3 is 5.11 Å². The first-order valence-electron chi connectivity index (χ1n) is 6.36. The van der Waals surface area contributed by atoms with Crippen LogP contribution in [0.25, 0.3) is 0 Å². The molecule has 0 aliphatic carbocycles. The Morgan fingerprint density at radius 3 is 2.79 bits per heavy atom. The Balaban J connectivity index is 1.99. The fourth-order valence-corrected chi connectivity index (χ4v) is 5.23.